The summed E-state index contributed by atoms with van der Waals surface area (Å²) in [4.78, 5) is 50.5. The molecule has 1 saturated heterocycles. The van der Waals surface area contributed by atoms with Crippen molar-refractivity contribution in [3.63, 3.8) is 0 Å². The van der Waals surface area contributed by atoms with Gasteiger partial charge < -0.3 is 51.4 Å². The number of aryl methyl sites for hydroxylation is 8. The van der Waals surface area contributed by atoms with Crippen molar-refractivity contribution >= 4 is 161 Å². The Morgan fingerprint density at radius 1 is 0.493 bits per heavy atom. The first-order valence-corrected chi connectivity index (χ1v) is 50.3. The highest BCUT2D eigenvalue weighted by Crippen LogP contribution is 2.40. The van der Waals surface area contributed by atoms with Crippen LogP contribution < -0.4 is 47.2 Å². The highest BCUT2D eigenvalue weighted by molar-refractivity contribution is 7.91. The number of nitriles is 2. The van der Waals surface area contributed by atoms with Crippen molar-refractivity contribution < 1.29 is 21.9 Å². The topological polar surface area (TPSA) is 496 Å². The van der Waals surface area contributed by atoms with E-state index in [0.717, 1.165) is 203 Å². The predicted octanol–water partition coefficient (Wildman–Crippen LogP) is 15.0. The van der Waals surface area contributed by atoms with Gasteiger partial charge in [0, 0.05) is 173 Å². The molecule has 1 unspecified atom stereocenters. The van der Waals surface area contributed by atoms with Gasteiger partial charge in [0.05, 0.1) is 129 Å². The van der Waals surface area contributed by atoms with E-state index in [1.807, 2.05) is 213 Å². The number of H-pyrrole nitrogens is 1. The van der Waals surface area contributed by atoms with Crippen LogP contribution in [0.15, 0.2) is 198 Å². The van der Waals surface area contributed by atoms with Gasteiger partial charge in [-0.15, -0.1) is 16.0 Å². The fourth-order valence-electron chi connectivity index (χ4n) is 16.4. The van der Waals surface area contributed by atoms with Gasteiger partial charge >= 0.3 is 0 Å². The lowest BCUT2D eigenvalue weighted by Crippen LogP contribution is -2.30. The lowest BCUT2D eigenvalue weighted by molar-refractivity contribution is -0.726. The van der Waals surface area contributed by atoms with Gasteiger partial charge in [-0.25, -0.2) is 63.2 Å². The number of thiophene rings is 1. The van der Waals surface area contributed by atoms with Crippen LogP contribution in [0.2, 0.25) is 0 Å². The molecule has 0 aromatic carbocycles. The number of nitrogens with one attached hydrogen (secondary N) is 9. The molecule has 0 spiro atoms. The van der Waals surface area contributed by atoms with Crippen molar-refractivity contribution in [2.75, 3.05) is 78.9 Å². The monoisotopic (exact) mass is 2010 g/mol. The van der Waals surface area contributed by atoms with E-state index in [4.69, 9.17) is 29.0 Å². The van der Waals surface area contributed by atoms with E-state index in [1.165, 1.54) is 68.0 Å². The van der Waals surface area contributed by atoms with E-state index in [1.54, 1.807) is 70.3 Å². The minimum absolute atomic E-state index is 0.216. The van der Waals surface area contributed by atoms with Gasteiger partial charge in [0.1, 0.15) is 49.7 Å². The van der Waals surface area contributed by atoms with Gasteiger partial charge in [-0.3, -0.25) is 36.0 Å². The molecular weight excluding hydrogens is 1920 g/mol. The number of sulfonamides is 1. The molecule has 0 bridgehead atoms. The minimum atomic E-state index is -3.59. The summed E-state index contributed by atoms with van der Waals surface area (Å²) in [6, 6.07) is 15.3. The number of aromatic amines is 1. The van der Waals surface area contributed by atoms with Gasteiger partial charge in [0.15, 0.2) is 64.4 Å². The maximum Gasteiger partial charge on any atom is 0.252 e. The summed E-state index contributed by atoms with van der Waals surface area (Å²) in [7, 11) is 4.05. The fraction of sp³-hybridized carbons (Fsp3) is 0.237. The number of anilines is 10. The Labute approximate surface area is 831 Å². The summed E-state index contributed by atoms with van der Waals surface area (Å²) in [6.07, 6.45) is 48.0. The zero-order chi connectivity index (χ0) is 97.8. The summed E-state index contributed by atoms with van der Waals surface area (Å²) in [5.74, 6) is 4.94. The van der Waals surface area contributed by atoms with E-state index >= 15 is 0 Å². The molecule has 3 aliphatic heterocycles. The summed E-state index contributed by atoms with van der Waals surface area (Å²) in [5.41, 5.74) is 21.9. The highest BCUT2D eigenvalue weighted by Gasteiger charge is 2.30. The standard InChI is InChI=1S/C25H27N7O3S2.C20H17N7OS.C18H17N9S.C17H18N8S.C13H12N8S/c1-4-31(5-2)37(33,34)25-16(3)9-22(36-25)30-23-24-28-13-21(18-10-19(11-26)35-15-18)32(24)14-20(29-23)17-7-6-8-27-12-17;1-12-5-18(29-26-12)25-19-20-23-9-17(14-6-15(7-21)28-11-14)27(20)10-16(24-19)13-3-2-4-22-8-13;1-11-4-16(28-24-11)23-17-18-19-7-15(13-6-21-26(3)9-13)27(18)10-14(22-17)12-5-20-25(2)8-12;1-24-10-12(8-21-24)14-9-20-17-16(19-4-5-25(14)17)22-15-6-13(23-26-15)11-2-3-18-7-11;1-8-17-13(22-19-8)18-11-12-15-6-10(21(12)4-3-14-11)9-5-16-20(2)7-9/h7,9-10,13-15,27H,4-6,8,12H2,1-3H3,(H,29,30);3,5-6,9-11,22H,2,4,8H2,1H3,(H,24,25);4-10H,1-3H3,(H,22,23);4-6,8-11,18H,2-3,7H2,1H3,(H,19,22);3-7H,1-2H3,(H,14,17,18,19)/p+1. The molecule has 0 radical (unpaired) electrons. The van der Waals surface area contributed by atoms with Gasteiger partial charge in [-0.1, -0.05) is 26.0 Å². The van der Waals surface area contributed by atoms with Crippen LogP contribution in [0, 0.1) is 50.4 Å². The number of imidazole rings is 5. The molecule has 24 rings (SSSR count). The molecule has 43 nitrogen and oxygen atoms in total. The largest absolute Gasteiger partial charge is 0.453 e. The number of rotatable bonds is 23. The third-order valence-electron chi connectivity index (χ3n) is 23.2. The third kappa shape index (κ3) is 20.0. The molecule has 0 saturated carbocycles. The van der Waals surface area contributed by atoms with Crippen molar-refractivity contribution in [2.45, 2.75) is 70.9 Å². The Hall–Kier alpha value is -16.1. The number of furan rings is 2. The molecule has 49 heteroatoms. The Kier molecular flexibility index (Phi) is 26.8. The van der Waals surface area contributed by atoms with Crippen LogP contribution in [0.3, 0.4) is 0 Å². The molecule has 1 atom stereocenters. The number of aromatic nitrogens is 28. The molecule has 21 aromatic rings. The lowest BCUT2D eigenvalue weighted by Gasteiger charge is -2.17. The van der Waals surface area contributed by atoms with E-state index in [-0.39, 0.29) is 11.5 Å². The number of fused-ring (bicyclic) bond motifs is 5. The molecule has 0 amide bonds. The maximum absolute atomic E-state index is 13.2. The van der Waals surface area contributed by atoms with Crippen molar-refractivity contribution in [2.24, 2.45) is 28.2 Å². The average Bonchev–Trinajstić information content (AvgIpc) is 1.62. The average molecular weight is 2010 g/mol. The summed E-state index contributed by atoms with van der Waals surface area (Å²) in [6.45, 7) is 17.5. The molecule has 0 aliphatic carbocycles. The second-order valence-electron chi connectivity index (χ2n) is 33.3. The van der Waals surface area contributed by atoms with Gasteiger partial charge in [-0.2, -0.15) is 52.7 Å². The number of hydrogen-bond donors (Lipinski definition) is 9. The van der Waals surface area contributed by atoms with Crippen molar-refractivity contribution in [3.8, 4) is 79.7 Å². The van der Waals surface area contributed by atoms with Crippen molar-refractivity contribution in [1.29, 1.82) is 10.5 Å². The second kappa shape index (κ2) is 40.8. The number of nitrogens with zero attached hydrogens (tertiary/aromatic N) is 30. The van der Waals surface area contributed by atoms with Crippen LogP contribution in [0.25, 0.3) is 107 Å². The molecule has 21 aromatic heterocycles. The van der Waals surface area contributed by atoms with Gasteiger partial charge in [0.2, 0.25) is 22.8 Å². The second-order valence-corrected chi connectivity index (χ2v) is 39.6. The highest BCUT2D eigenvalue weighted by atomic mass is 32.2. The van der Waals surface area contributed by atoms with E-state index in [9.17, 15) is 13.7 Å². The van der Waals surface area contributed by atoms with E-state index < -0.39 is 10.0 Å². The Morgan fingerprint density at radius 2 is 0.958 bits per heavy atom. The van der Waals surface area contributed by atoms with Crippen LogP contribution in [0.1, 0.15) is 90.4 Å². The van der Waals surface area contributed by atoms with Crippen LogP contribution in [-0.4, -0.2) is 194 Å². The molecule has 9 N–H and O–H groups in total. The van der Waals surface area contributed by atoms with Gasteiger partial charge in [-0.05, 0) is 142 Å². The van der Waals surface area contributed by atoms with Crippen LogP contribution >= 0.6 is 57.5 Å². The zero-order valence-corrected chi connectivity index (χ0v) is 83.1. The quantitative estimate of drug-likeness (QED) is 0.0269. The normalized spacial score (nSPS) is 13.7. The van der Waals surface area contributed by atoms with Crippen LogP contribution in [-0.2, 0) is 38.2 Å². The molecule has 3 aliphatic rings. The smallest absolute Gasteiger partial charge is 0.252 e. The van der Waals surface area contributed by atoms with Crippen LogP contribution in [0.4, 0.5) is 54.2 Å². The van der Waals surface area contributed by atoms with Gasteiger partial charge in [0.25, 0.3) is 10.0 Å². The number of hydrogen-bond acceptors (Lipinski definition) is 37. The Balaban J connectivity index is 0.000000110. The predicted molar refractivity (Wildman–Crippen MR) is 545 cm³/mol. The van der Waals surface area contributed by atoms with E-state index in [0.29, 0.717) is 80.0 Å². The third-order valence-corrected chi connectivity index (χ3v) is 30.1. The first kappa shape index (κ1) is 93.5. The molecule has 142 heavy (non-hydrogen) atoms. The van der Waals surface area contributed by atoms with Crippen molar-refractivity contribution in [3.05, 3.63) is 236 Å². The Bertz CT molecular complexity index is 8450. The minimum Gasteiger partial charge on any atom is -0.453 e. The summed E-state index contributed by atoms with van der Waals surface area (Å²) in [5, 5.41) is 65.1. The van der Waals surface area contributed by atoms with Crippen LogP contribution in [0.5, 0.6) is 0 Å². The fourth-order valence-corrected chi connectivity index (χ4v) is 22.2. The van der Waals surface area contributed by atoms with Crippen molar-refractivity contribution in [1.82, 2.24) is 149 Å². The first-order chi connectivity index (χ1) is 69.1. The summed E-state index contributed by atoms with van der Waals surface area (Å²) >= 11 is 6.74. The molecule has 718 valence electrons. The molecule has 24 heterocycles. The maximum atomic E-state index is 13.2. The van der Waals surface area contributed by atoms with E-state index in [2.05, 4.69) is 139 Å². The lowest BCUT2D eigenvalue weighted by atomic mass is 10.1. The Morgan fingerprint density at radius 3 is 1.40 bits per heavy atom. The first-order valence-electron chi connectivity index (χ1n) is 45.0. The zero-order valence-electron chi connectivity index (χ0n) is 78.2. The molecule has 1 fully saturated rings. The molecular formula is C93H92N39O4S6+. The SMILES string of the molecule is CCN(CC)S(=O)(=O)c1sc(Nc2nc(C3=CCCNC3)cn3c(-c4coc(C#N)c4)cnc23)cc1C.Cc1cc(Nc2nc(-c3cnn(C)c3)cn3c(-c4cnn(C)c4)cnc23)sn1.Cc1cc(Nc2nc(C3=CCCNC3)cn3c(-c4coc(C#N)c4)cnc23)sn1.Cc1nsc(Nc2nccn3c(-c4c[nH][n+](C)c4)cnc23)n1.Cn1cc(-c2cnc3c(Nc4cc(C5CCNC5)ns4)nccn23)cn1. The summed E-state index contributed by atoms with van der Waals surface area (Å²) < 4.78 is 73.3.